The molecule has 0 spiro atoms. The van der Waals surface area contributed by atoms with Gasteiger partial charge in [-0.05, 0) is 42.9 Å². The molecule has 2 amide bonds. The Morgan fingerprint density at radius 3 is 2.33 bits per heavy atom. The monoisotopic (exact) mass is 332 g/mol. The van der Waals surface area contributed by atoms with E-state index >= 15 is 0 Å². The van der Waals surface area contributed by atoms with Crippen LogP contribution in [0.1, 0.15) is 50.5 Å². The molecule has 2 rings (SSSR count). The summed E-state index contributed by atoms with van der Waals surface area (Å²) in [6.07, 6.45) is 5.36. The molecular weight excluding hydrogens is 304 g/mol. The highest BCUT2D eigenvalue weighted by Crippen LogP contribution is 2.37. The lowest BCUT2D eigenvalue weighted by molar-refractivity contribution is -0.123. The second-order valence-corrected chi connectivity index (χ2v) is 6.42. The second kappa shape index (κ2) is 9.30. The topological polar surface area (TPSA) is 67.4 Å². The second-order valence-electron chi connectivity index (χ2n) is 6.42. The molecule has 5 nitrogen and oxygen atoms in total. The van der Waals surface area contributed by atoms with Crippen LogP contribution in [-0.4, -0.2) is 32.0 Å². The molecule has 1 aliphatic rings. The number of carbonyl (C=O) groups excluding carboxylic acids is 2. The Morgan fingerprint density at radius 1 is 1.12 bits per heavy atom. The minimum absolute atomic E-state index is 0.0385. The molecule has 24 heavy (non-hydrogen) atoms. The molecular formula is C19H28N2O3. The average molecular weight is 332 g/mol. The van der Waals surface area contributed by atoms with Crippen molar-refractivity contribution in [2.45, 2.75) is 44.9 Å². The largest absolute Gasteiger partial charge is 0.497 e. The molecule has 1 saturated carbocycles. The molecule has 1 fully saturated rings. The summed E-state index contributed by atoms with van der Waals surface area (Å²) in [5.74, 6) is 1.17. The van der Waals surface area contributed by atoms with E-state index in [1.54, 1.807) is 7.11 Å². The number of benzene rings is 1. The zero-order valence-electron chi connectivity index (χ0n) is 14.6. The van der Waals surface area contributed by atoms with Crippen molar-refractivity contribution in [3.63, 3.8) is 0 Å². The molecule has 0 heterocycles. The highest BCUT2D eigenvalue weighted by atomic mass is 16.5. The molecule has 5 heteroatoms. The highest BCUT2D eigenvalue weighted by Gasteiger charge is 2.31. The van der Waals surface area contributed by atoms with Crippen LogP contribution in [0.25, 0.3) is 0 Å². The van der Waals surface area contributed by atoms with Crippen molar-refractivity contribution in [3.8, 4) is 5.75 Å². The number of rotatable bonds is 8. The fourth-order valence-electron chi connectivity index (χ4n) is 3.41. The molecule has 0 bridgehead atoms. The van der Waals surface area contributed by atoms with E-state index in [1.807, 2.05) is 24.3 Å². The van der Waals surface area contributed by atoms with Crippen molar-refractivity contribution in [3.05, 3.63) is 29.8 Å². The summed E-state index contributed by atoms with van der Waals surface area (Å²) in [7, 11) is 1.64. The van der Waals surface area contributed by atoms with E-state index in [9.17, 15) is 9.59 Å². The average Bonchev–Trinajstić information content (AvgIpc) is 3.09. The van der Waals surface area contributed by atoms with E-state index < -0.39 is 0 Å². The van der Waals surface area contributed by atoms with Gasteiger partial charge in [-0.15, -0.1) is 0 Å². The number of amides is 2. The standard InChI is InChI=1S/C19H28N2O3/c1-14(22)20-12-5-13-21-19(23)18(15-6-3-4-7-15)16-8-10-17(24-2)11-9-16/h8-11,15,18H,3-7,12-13H2,1-2H3,(H,20,22)(H,21,23). The van der Waals surface area contributed by atoms with E-state index in [4.69, 9.17) is 4.74 Å². The lowest BCUT2D eigenvalue weighted by Gasteiger charge is -2.23. The molecule has 1 aromatic carbocycles. The van der Waals surface area contributed by atoms with Gasteiger partial charge in [0.15, 0.2) is 0 Å². The minimum Gasteiger partial charge on any atom is -0.497 e. The van der Waals surface area contributed by atoms with Crippen LogP contribution in [-0.2, 0) is 9.59 Å². The molecule has 0 saturated heterocycles. The van der Waals surface area contributed by atoms with Gasteiger partial charge in [-0.1, -0.05) is 25.0 Å². The molecule has 1 aliphatic carbocycles. The minimum atomic E-state index is -0.0980. The Hall–Kier alpha value is -2.04. The van der Waals surface area contributed by atoms with Crippen molar-refractivity contribution in [1.29, 1.82) is 0 Å². The predicted molar refractivity (Wildman–Crippen MR) is 94.0 cm³/mol. The Bertz CT molecular complexity index is 536. The lowest BCUT2D eigenvalue weighted by atomic mass is 9.84. The maximum Gasteiger partial charge on any atom is 0.227 e. The third-order valence-corrected chi connectivity index (χ3v) is 4.66. The summed E-state index contributed by atoms with van der Waals surface area (Å²) in [6.45, 7) is 2.67. The van der Waals surface area contributed by atoms with E-state index in [1.165, 1.54) is 19.8 Å². The van der Waals surface area contributed by atoms with E-state index in [0.29, 0.717) is 19.0 Å². The van der Waals surface area contributed by atoms with Gasteiger partial charge in [-0.25, -0.2) is 0 Å². The summed E-state index contributed by atoms with van der Waals surface area (Å²) in [5.41, 5.74) is 1.06. The molecule has 0 radical (unpaired) electrons. The fourth-order valence-corrected chi connectivity index (χ4v) is 3.41. The van der Waals surface area contributed by atoms with Crippen LogP contribution in [0.2, 0.25) is 0 Å². The summed E-state index contributed by atoms with van der Waals surface area (Å²) in [6, 6.07) is 7.83. The molecule has 0 aromatic heterocycles. The number of methoxy groups -OCH3 is 1. The Labute approximate surface area is 144 Å². The van der Waals surface area contributed by atoms with Gasteiger partial charge >= 0.3 is 0 Å². The normalized spacial score (nSPS) is 15.8. The summed E-state index contributed by atoms with van der Waals surface area (Å²) in [5, 5.41) is 5.78. The molecule has 1 aromatic rings. The fraction of sp³-hybridized carbons (Fsp3) is 0.579. The van der Waals surface area contributed by atoms with Crippen LogP contribution < -0.4 is 15.4 Å². The summed E-state index contributed by atoms with van der Waals surface area (Å²) >= 11 is 0. The summed E-state index contributed by atoms with van der Waals surface area (Å²) < 4.78 is 5.21. The SMILES string of the molecule is COc1ccc(C(C(=O)NCCCNC(C)=O)C2CCCC2)cc1. The van der Waals surface area contributed by atoms with E-state index in [-0.39, 0.29) is 17.7 Å². The van der Waals surface area contributed by atoms with Gasteiger partial charge in [0, 0.05) is 20.0 Å². The zero-order chi connectivity index (χ0) is 17.4. The van der Waals surface area contributed by atoms with E-state index in [2.05, 4.69) is 10.6 Å². The number of carbonyl (C=O) groups is 2. The Balaban J connectivity index is 1.97. The van der Waals surface area contributed by atoms with Crippen molar-refractivity contribution >= 4 is 11.8 Å². The first-order chi connectivity index (χ1) is 11.6. The highest BCUT2D eigenvalue weighted by molar-refractivity contribution is 5.84. The van der Waals surface area contributed by atoms with Gasteiger partial charge in [0.1, 0.15) is 5.75 Å². The molecule has 1 unspecified atom stereocenters. The van der Waals surface area contributed by atoms with Crippen LogP contribution in [0.4, 0.5) is 0 Å². The maximum atomic E-state index is 12.8. The van der Waals surface area contributed by atoms with Crippen LogP contribution in [0.5, 0.6) is 5.75 Å². The lowest BCUT2D eigenvalue weighted by Crippen LogP contribution is -2.34. The van der Waals surface area contributed by atoms with Crippen molar-refractivity contribution in [2.75, 3.05) is 20.2 Å². The zero-order valence-corrected chi connectivity index (χ0v) is 14.6. The molecule has 2 N–H and O–H groups in total. The quantitative estimate of drug-likeness (QED) is 0.719. The van der Waals surface area contributed by atoms with Crippen LogP contribution in [0.15, 0.2) is 24.3 Å². The van der Waals surface area contributed by atoms with Crippen molar-refractivity contribution in [2.24, 2.45) is 5.92 Å². The number of ether oxygens (including phenoxy) is 1. The Kier molecular flexibility index (Phi) is 7.09. The smallest absolute Gasteiger partial charge is 0.227 e. The van der Waals surface area contributed by atoms with Crippen LogP contribution in [0, 0.1) is 5.92 Å². The first-order valence-electron chi connectivity index (χ1n) is 8.78. The van der Waals surface area contributed by atoms with Crippen molar-refractivity contribution in [1.82, 2.24) is 10.6 Å². The number of nitrogens with one attached hydrogen (secondary N) is 2. The molecule has 1 atom stereocenters. The first-order valence-corrected chi connectivity index (χ1v) is 8.78. The van der Waals surface area contributed by atoms with Gasteiger partial charge in [0.25, 0.3) is 0 Å². The predicted octanol–water partition coefficient (Wildman–Crippen LogP) is 2.61. The Morgan fingerprint density at radius 2 is 1.75 bits per heavy atom. The van der Waals surface area contributed by atoms with Gasteiger partial charge in [-0.2, -0.15) is 0 Å². The summed E-state index contributed by atoms with van der Waals surface area (Å²) in [4.78, 5) is 23.6. The van der Waals surface area contributed by atoms with Gasteiger partial charge in [-0.3, -0.25) is 9.59 Å². The van der Waals surface area contributed by atoms with Gasteiger partial charge < -0.3 is 15.4 Å². The van der Waals surface area contributed by atoms with E-state index in [0.717, 1.165) is 30.6 Å². The van der Waals surface area contributed by atoms with Gasteiger partial charge in [0.05, 0.1) is 13.0 Å². The number of hydrogen-bond acceptors (Lipinski definition) is 3. The third-order valence-electron chi connectivity index (χ3n) is 4.66. The third kappa shape index (κ3) is 5.25. The van der Waals surface area contributed by atoms with Gasteiger partial charge in [0.2, 0.25) is 11.8 Å². The van der Waals surface area contributed by atoms with Crippen molar-refractivity contribution < 1.29 is 14.3 Å². The first kappa shape index (κ1) is 18.3. The number of hydrogen-bond donors (Lipinski definition) is 2. The van der Waals surface area contributed by atoms with Crippen LogP contribution >= 0.6 is 0 Å². The maximum absolute atomic E-state index is 12.8. The molecule has 0 aliphatic heterocycles. The van der Waals surface area contributed by atoms with Crippen LogP contribution in [0.3, 0.4) is 0 Å². The molecule has 132 valence electrons.